The van der Waals surface area contributed by atoms with Crippen molar-refractivity contribution in [2.24, 2.45) is 4.99 Å². The summed E-state index contributed by atoms with van der Waals surface area (Å²) in [4.78, 5) is 8.21. The summed E-state index contributed by atoms with van der Waals surface area (Å²) in [5, 5.41) is 0.0277. The van der Waals surface area contributed by atoms with Crippen molar-refractivity contribution in [3.8, 4) is 0 Å². The molecule has 0 amide bonds. The third kappa shape index (κ3) is 5.55. The van der Waals surface area contributed by atoms with Crippen molar-refractivity contribution in [2.75, 3.05) is 13.1 Å². The van der Waals surface area contributed by atoms with E-state index < -0.39 is 21.6 Å². The van der Waals surface area contributed by atoms with E-state index in [1.54, 1.807) is 0 Å². The van der Waals surface area contributed by atoms with Crippen molar-refractivity contribution in [3.63, 3.8) is 0 Å². The molecule has 1 fully saturated rings. The topological polar surface area (TPSA) is 113 Å². The largest absolute Gasteiger partial charge is 0.611 e. The molecule has 2 aliphatic heterocycles. The lowest BCUT2D eigenvalue weighted by atomic mass is 10.1. The Labute approximate surface area is 167 Å². The maximum Gasteiger partial charge on any atom is 0.394 e. The highest BCUT2D eigenvalue weighted by atomic mass is 32.3. The number of benzene rings is 2. The van der Waals surface area contributed by atoms with E-state index in [0.29, 0.717) is 0 Å². The fourth-order valence-electron chi connectivity index (χ4n) is 3.45. The van der Waals surface area contributed by atoms with Gasteiger partial charge in [0.05, 0.1) is 6.04 Å². The quantitative estimate of drug-likeness (QED) is 0.581. The van der Waals surface area contributed by atoms with Crippen molar-refractivity contribution in [2.45, 2.75) is 29.0 Å². The first-order valence-electron chi connectivity index (χ1n) is 8.86. The molecule has 2 aromatic carbocycles. The molecular weight excluding hydrogens is 400 g/mol. The lowest BCUT2D eigenvalue weighted by molar-refractivity contribution is 0.381. The van der Waals surface area contributed by atoms with Gasteiger partial charge >= 0.3 is 10.4 Å². The zero-order chi connectivity index (χ0) is 20.1. The summed E-state index contributed by atoms with van der Waals surface area (Å²) in [5.74, 6) is 1.05. The van der Waals surface area contributed by atoms with Crippen LogP contribution in [0.3, 0.4) is 0 Å². The zero-order valence-corrected chi connectivity index (χ0v) is 16.7. The Hall–Kier alpha value is -1.91. The summed E-state index contributed by atoms with van der Waals surface area (Å²) >= 11 is -1.02. The van der Waals surface area contributed by atoms with Gasteiger partial charge < -0.3 is 9.45 Å². The molecule has 3 atom stereocenters. The van der Waals surface area contributed by atoms with Crippen LogP contribution in [0, 0.1) is 0 Å². The number of aliphatic imine (C=N–C) groups is 1. The molecule has 28 heavy (non-hydrogen) atoms. The SMILES string of the molecule is O=S(=O)(O)O.[O-][S+](c1ccccc1)C1CCCN2CC(c3ccccc3)N=C12. The molecule has 150 valence electrons. The van der Waals surface area contributed by atoms with Crippen molar-refractivity contribution in [1.29, 1.82) is 0 Å². The Kier molecular flexibility index (Phi) is 6.73. The van der Waals surface area contributed by atoms with Crippen LogP contribution in [-0.4, -0.2) is 51.2 Å². The van der Waals surface area contributed by atoms with Crippen LogP contribution in [0.5, 0.6) is 0 Å². The third-order valence-electron chi connectivity index (χ3n) is 4.61. The van der Waals surface area contributed by atoms with Gasteiger partial charge in [-0.05, 0) is 35.3 Å². The molecule has 2 aliphatic rings. The second-order valence-electron chi connectivity index (χ2n) is 6.55. The number of hydrogen-bond donors (Lipinski definition) is 2. The molecule has 2 N–H and O–H groups in total. The molecular formula is C19H22N2O5S2. The zero-order valence-electron chi connectivity index (χ0n) is 15.1. The molecule has 0 saturated carbocycles. The van der Waals surface area contributed by atoms with Gasteiger partial charge in [-0.15, -0.1) is 0 Å². The first-order chi connectivity index (χ1) is 13.3. The highest BCUT2D eigenvalue weighted by molar-refractivity contribution is 7.92. The summed E-state index contributed by atoms with van der Waals surface area (Å²) < 4.78 is 44.6. The number of piperidine rings is 1. The van der Waals surface area contributed by atoms with Gasteiger partial charge in [0.15, 0.2) is 16.0 Å². The lowest BCUT2D eigenvalue weighted by Crippen LogP contribution is -2.45. The molecule has 0 aliphatic carbocycles. The average molecular weight is 423 g/mol. The molecule has 0 radical (unpaired) electrons. The minimum Gasteiger partial charge on any atom is -0.611 e. The first-order valence-corrected chi connectivity index (χ1v) is 11.5. The Bertz CT molecular complexity index is 898. The first kappa shape index (κ1) is 20.8. The molecule has 2 heterocycles. The highest BCUT2D eigenvalue weighted by Crippen LogP contribution is 2.33. The van der Waals surface area contributed by atoms with Crippen LogP contribution in [0.2, 0.25) is 0 Å². The Morgan fingerprint density at radius 1 is 1.04 bits per heavy atom. The molecule has 0 aromatic heterocycles. The lowest BCUT2D eigenvalue weighted by Gasteiger charge is -2.32. The van der Waals surface area contributed by atoms with Crippen LogP contribution in [0.4, 0.5) is 0 Å². The van der Waals surface area contributed by atoms with Gasteiger partial charge in [0.25, 0.3) is 0 Å². The molecule has 0 spiro atoms. The third-order valence-corrected chi connectivity index (χ3v) is 6.31. The molecule has 7 nitrogen and oxygen atoms in total. The van der Waals surface area contributed by atoms with E-state index in [4.69, 9.17) is 22.5 Å². The maximum absolute atomic E-state index is 13.0. The fraction of sp³-hybridized carbons (Fsp3) is 0.316. The summed E-state index contributed by atoms with van der Waals surface area (Å²) in [6.07, 6.45) is 2.04. The van der Waals surface area contributed by atoms with E-state index in [1.165, 1.54) is 5.56 Å². The normalized spacial score (nSPS) is 22.5. The number of fused-ring (bicyclic) bond motifs is 1. The fourth-order valence-corrected chi connectivity index (χ4v) is 4.99. The van der Waals surface area contributed by atoms with E-state index in [9.17, 15) is 4.55 Å². The van der Waals surface area contributed by atoms with Crippen LogP contribution < -0.4 is 0 Å². The Morgan fingerprint density at radius 3 is 2.21 bits per heavy atom. The predicted molar refractivity (Wildman–Crippen MR) is 108 cm³/mol. The summed E-state index contributed by atoms with van der Waals surface area (Å²) in [7, 11) is -4.67. The van der Waals surface area contributed by atoms with E-state index >= 15 is 0 Å². The van der Waals surface area contributed by atoms with Gasteiger partial charge in [-0.25, -0.2) is 0 Å². The maximum atomic E-state index is 13.0. The Morgan fingerprint density at radius 2 is 1.61 bits per heavy atom. The average Bonchev–Trinajstić information content (AvgIpc) is 3.12. The minimum absolute atomic E-state index is 0.0277. The molecule has 2 aromatic rings. The van der Waals surface area contributed by atoms with Crippen molar-refractivity contribution < 1.29 is 22.1 Å². The minimum atomic E-state index is -4.67. The van der Waals surface area contributed by atoms with Gasteiger partial charge in [-0.3, -0.25) is 14.1 Å². The van der Waals surface area contributed by atoms with E-state index in [1.807, 2.05) is 36.4 Å². The summed E-state index contributed by atoms with van der Waals surface area (Å²) in [6, 6.07) is 20.4. The van der Waals surface area contributed by atoms with Crippen LogP contribution in [0.15, 0.2) is 70.6 Å². The number of hydrogen-bond acceptors (Lipinski definition) is 5. The van der Waals surface area contributed by atoms with Crippen LogP contribution in [-0.2, 0) is 21.6 Å². The monoisotopic (exact) mass is 422 g/mol. The van der Waals surface area contributed by atoms with Crippen molar-refractivity contribution >= 4 is 27.4 Å². The van der Waals surface area contributed by atoms with Crippen molar-refractivity contribution in [3.05, 3.63) is 66.2 Å². The van der Waals surface area contributed by atoms with Gasteiger partial charge in [0.1, 0.15) is 0 Å². The van der Waals surface area contributed by atoms with Gasteiger partial charge in [-0.1, -0.05) is 48.5 Å². The summed E-state index contributed by atoms with van der Waals surface area (Å²) in [5.41, 5.74) is 1.25. The number of rotatable bonds is 3. The van der Waals surface area contributed by atoms with Crippen LogP contribution >= 0.6 is 0 Å². The standard InChI is InChI=1S/C19H20N2OS.H2O4S/c22-23(16-10-5-2-6-11-16)18-12-7-13-21-14-17(20-19(18)21)15-8-3-1-4-9-15;1-5(2,3)4/h1-6,8-11,17-18H,7,12-14H2;(H2,1,2,3,4). The highest BCUT2D eigenvalue weighted by Gasteiger charge is 2.40. The van der Waals surface area contributed by atoms with E-state index in [2.05, 4.69) is 29.2 Å². The van der Waals surface area contributed by atoms with E-state index in [-0.39, 0.29) is 11.3 Å². The second kappa shape index (κ2) is 9.06. The van der Waals surface area contributed by atoms with Gasteiger partial charge in [0, 0.05) is 19.5 Å². The molecule has 3 unspecified atom stereocenters. The predicted octanol–water partition coefficient (Wildman–Crippen LogP) is 2.76. The van der Waals surface area contributed by atoms with Crippen LogP contribution in [0.1, 0.15) is 24.4 Å². The van der Waals surface area contributed by atoms with Gasteiger partial charge in [0.2, 0.25) is 0 Å². The number of nitrogens with zero attached hydrogens (tertiary/aromatic N) is 2. The van der Waals surface area contributed by atoms with E-state index in [0.717, 1.165) is 36.7 Å². The van der Waals surface area contributed by atoms with Crippen LogP contribution in [0.25, 0.3) is 0 Å². The molecule has 1 saturated heterocycles. The second-order valence-corrected chi connectivity index (χ2v) is 9.08. The summed E-state index contributed by atoms with van der Waals surface area (Å²) in [6.45, 7) is 1.95. The smallest absolute Gasteiger partial charge is 0.394 e. The molecule has 9 heteroatoms. The molecule has 0 bridgehead atoms. The van der Waals surface area contributed by atoms with Gasteiger partial charge in [-0.2, -0.15) is 8.42 Å². The van der Waals surface area contributed by atoms with Crippen molar-refractivity contribution in [1.82, 2.24) is 4.90 Å². The Balaban J connectivity index is 0.000000403. The number of amidine groups is 1. The molecule has 4 rings (SSSR count).